The van der Waals surface area contributed by atoms with Gasteiger partial charge in [0.15, 0.2) is 5.82 Å². The van der Waals surface area contributed by atoms with E-state index in [9.17, 15) is 12.8 Å². The molecule has 1 aliphatic carbocycles. The fraction of sp³-hybridized carbons (Fsp3) is 0.417. The van der Waals surface area contributed by atoms with Crippen LogP contribution in [0.1, 0.15) is 19.3 Å². The van der Waals surface area contributed by atoms with Gasteiger partial charge in [0.25, 0.3) is 0 Å². The van der Waals surface area contributed by atoms with Crippen LogP contribution < -0.4 is 5.73 Å². The van der Waals surface area contributed by atoms with Crippen LogP contribution in [-0.2, 0) is 10.0 Å². The molecule has 4 nitrogen and oxygen atoms in total. The second-order valence-electron chi connectivity index (χ2n) is 4.74. The van der Waals surface area contributed by atoms with Gasteiger partial charge in [-0.3, -0.25) is 0 Å². The Labute approximate surface area is 138 Å². The molecule has 0 saturated heterocycles. The molecule has 1 saturated carbocycles. The lowest BCUT2D eigenvalue weighted by atomic mass is 10.3. The molecule has 116 valence electrons. The van der Waals surface area contributed by atoms with Crippen molar-refractivity contribution in [2.24, 2.45) is 5.73 Å². The summed E-state index contributed by atoms with van der Waals surface area (Å²) in [5, 5.41) is -0.719. The molecule has 0 radical (unpaired) electrons. The van der Waals surface area contributed by atoms with E-state index in [1.807, 2.05) is 0 Å². The van der Waals surface area contributed by atoms with Gasteiger partial charge in [-0.1, -0.05) is 35.4 Å². The van der Waals surface area contributed by atoms with Gasteiger partial charge in [0.05, 0.1) is 15.0 Å². The number of rotatable bonds is 6. The van der Waals surface area contributed by atoms with Crippen molar-refractivity contribution >= 4 is 50.4 Å². The summed E-state index contributed by atoms with van der Waals surface area (Å²) in [7, 11) is -3.92. The minimum atomic E-state index is -3.92. The Hall–Kier alpha value is -0.470. The lowest BCUT2D eigenvalue weighted by molar-refractivity contribution is 0.412. The molecule has 0 unspecified atom stereocenters. The molecule has 2 rings (SSSR count). The number of nitrogens with two attached hydrogens (primary N) is 1. The first-order valence-corrected chi connectivity index (χ1v) is 8.79. The zero-order chi connectivity index (χ0) is 15.8. The monoisotopic (exact) mass is 370 g/mol. The zero-order valence-corrected chi connectivity index (χ0v) is 14.0. The van der Waals surface area contributed by atoms with Gasteiger partial charge >= 0.3 is 0 Å². The zero-order valence-electron chi connectivity index (χ0n) is 10.9. The number of nitrogens with zero attached hydrogens (tertiary/aromatic N) is 1. The normalized spacial score (nSPS) is 15.4. The van der Waals surface area contributed by atoms with Crippen LogP contribution in [-0.4, -0.2) is 30.3 Å². The molecule has 9 heteroatoms. The van der Waals surface area contributed by atoms with E-state index in [1.54, 1.807) is 0 Å². The summed E-state index contributed by atoms with van der Waals surface area (Å²) in [6.45, 7) is 0.156. The summed E-state index contributed by atoms with van der Waals surface area (Å²) in [5.74, 6) is -0.940. The van der Waals surface area contributed by atoms with E-state index >= 15 is 0 Å². The maximum absolute atomic E-state index is 13.7. The summed E-state index contributed by atoms with van der Waals surface area (Å²) in [4.78, 5) is -0.0647. The van der Waals surface area contributed by atoms with Crippen molar-refractivity contribution in [3.63, 3.8) is 0 Å². The number of benzene rings is 1. The number of thiocarbonyl (C=S) groups is 1. The molecule has 0 spiro atoms. The van der Waals surface area contributed by atoms with Crippen LogP contribution in [0.2, 0.25) is 10.0 Å². The van der Waals surface area contributed by atoms with Crippen LogP contribution in [0.15, 0.2) is 17.0 Å². The van der Waals surface area contributed by atoms with Crippen LogP contribution in [0.5, 0.6) is 0 Å². The number of hydrogen-bond donors (Lipinski definition) is 1. The maximum atomic E-state index is 13.7. The third kappa shape index (κ3) is 3.65. The van der Waals surface area contributed by atoms with E-state index in [0.717, 1.165) is 12.8 Å². The average molecular weight is 371 g/mol. The van der Waals surface area contributed by atoms with Crippen LogP contribution in [0.3, 0.4) is 0 Å². The van der Waals surface area contributed by atoms with Gasteiger partial charge in [-0.25, -0.2) is 12.8 Å². The van der Waals surface area contributed by atoms with Crippen LogP contribution in [0.4, 0.5) is 4.39 Å². The fourth-order valence-electron chi connectivity index (χ4n) is 1.92. The first kappa shape index (κ1) is 16.9. The van der Waals surface area contributed by atoms with Gasteiger partial charge in [0, 0.05) is 19.0 Å². The minimum Gasteiger partial charge on any atom is -0.393 e. The first-order chi connectivity index (χ1) is 9.75. The summed E-state index contributed by atoms with van der Waals surface area (Å²) < 4.78 is 40.3. The Balaban J connectivity index is 2.39. The molecule has 1 aromatic carbocycles. The SMILES string of the molecule is NC(=S)CCN(C1CC1)S(=O)(=O)c1ccc(Cl)c(F)c1Cl. The van der Waals surface area contributed by atoms with Crippen molar-refractivity contribution < 1.29 is 12.8 Å². The van der Waals surface area contributed by atoms with Crippen molar-refractivity contribution in [3.05, 3.63) is 28.0 Å². The van der Waals surface area contributed by atoms with E-state index in [1.165, 1.54) is 16.4 Å². The molecule has 0 heterocycles. The van der Waals surface area contributed by atoms with Gasteiger partial charge in [-0.05, 0) is 25.0 Å². The highest BCUT2D eigenvalue weighted by atomic mass is 35.5. The summed E-state index contributed by atoms with van der Waals surface area (Å²) >= 11 is 16.2. The largest absolute Gasteiger partial charge is 0.393 e. The molecule has 0 bridgehead atoms. The van der Waals surface area contributed by atoms with E-state index in [0.29, 0.717) is 0 Å². The molecule has 1 aromatic rings. The number of sulfonamides is 1. The van der Waals surface area contributed by atoms with Crippen molar-refractivity contribution in [2.45, 2.75) is 30.2 Å². The highest BCUT2D eigenvalue weighted by molar-refractivity contribution is 7.89. The molecular formula is C12H13Cl2FN2O2S2. The van der Waals surface area contributed by atoms with Gasteiger partial charge < -0.3 is 5.73 Å². The van der Waals surface area contributed by atoms with Gasteiger partial charge in [0.2, 0.25) is 10.0 Å². The molecular weight excluding hydrogens is 358 g/mol. The Morgan fingerprint density at radius 1 is 1.43 bits per heavy atom. The van der Waals surface area contributed by atoms with Gasteiger partial charge in [-0.15, -0.1) is 0 Å². The fourth-order valence-corrected chi connectivity index (χ4v) is 4.41. The van der Waals surface area contributed by atoms with Crippen molar-refractivity contribution in [3.8, 4) is 0 Å². The van der Waals surface area contributed by atoms with Crippen molar-refractivity contribution in [2.75, 3.05) is 6.54 Å². The topological polar surface area (TPSA) is 63.4 Å². The average Bonchev–Trinajstić information content (AvgIpc) is 3.19. The Bertz CT molecular complexity index is 678. The van der Waals surface area contributed by atoms with Crippen LogP contribution in [0.25, 0.3) is 0 Å². The van der Waals surface area contributed by atoms with Gasteiger partial charge in [0.1, 0.15) is 4.90 Å². The van der Waals surface area contributed by atoms with E-state index in [2.05, 4.69) is 0 Å². The van der Waals surface area contributed by atoms with Crippen LogP contribution >= 0.6 is 35.4 Å². The molecule has 1 aliphatic rings. The molecule has 1 fully saturated rings. The third-order valence-electron chi connectivity index (χ3n) is 3.12. The highest BCUT2D eigenvalue weighted by Gasteiger charge is 2.39. The van der Waals surface area contributed by atoms with Crippen molar-refractivity contribution in [1.82, 2.24) is 4.31 Å². The number of hydrogen-bond acceptors (Lipinski definition) is 3. The lowest BCUT2D eigenvalue weighted by Crippen LogP contribution is -2.35. The molecule has 0 aliphatic heterocycles. The second-order valence-corrected chi connectivity index (χ2v) is 7.91. The second kappa shape index (κ2) is 6.34. The molecule has 0 amide bonds. The standard InChI is InChI=1S/C12H13Cl2FN2O2S2/c13-8-3-4-9(11(14)12(8)15)21(18,19)17(7-1-2-7)6-5-10(16)20/h3-4,7H,1-2,5-6H2,(H2,16,20). The predicted octanol–water partition coefficient (Wildman–Crippen LogP) is 2.96. The summed E-state index contributed by atoms with van der Waals surface area (Å²) in [6, 6.07) is 2.27. The summed E-state index contributed by atoms with van der Waals surface area (Å²) in [6.07, 6.45) is 1.77. The molecule has 2 N–H and O–H groups in total. The summed E-state index contributed by atoms with van der Waals surface area (Å²) in [5.41, 5.74) is 5.42. The lowest BCUT2D eigenvalue weighted by Gasteiger charge is -2.22. The van der Waals surface area contributed by atoms with E-state index in [4.69, 9.17) is 41.2 Å². The van der Waals surface area contributed by atoms with Gasteiger partial charge in [-0.2, -0.15) is 4.31 Å². The Morgan fingerprint density at radius 2 is 2.05 bits per heavy atom. The third-order valence-corrected chi connectivity index (χ3v) is 6.09. The Kier molecular flexibility index (Phi) is 5.10. The number of halogens is 3. The molecule has 0 atom stereocenters. The molecule has 21 heavy (non-hydrogen) atoms. The maximum Gasteiger partial charge on any atom is 0.244 e. The van der Waals surface area contributed by atoms with Crippen molar-refractivity contribution in [1.29, 1.82) is 0 Å². The predicted molar refractivity (Wildman–Crippen MR) is 84.7 cm³/mol. The van der Waals surface area contributed by atoms with E-state index < -0.39 is 20.9 Å². The molecule has 0 aromatic heterocycles. The minimum absolute atomic E-state index is 0.112. The first-order valence-electron chi connectivity index (χ1n) is 6.18. The quantitative estimate of drug-likeness (QED) is 0.617. The smallest absolute Gasteiger partial charge is 0.244 e. The van der Waals surface area contributed by atoms with Crippen LogP contribution in [0, 0.1) is 5.82 Å². The Morgan fingerprint density at radius 3 is 2.57 bits per heavy atom. The van der Waals surface area contributed by atoms with E-state index in [-0.39, 0.29) is 33.9 Å². The highest BCUT2D eigenvalue weighted by Crippen LogP contribution is 2.36.